The smallest absolute Gasteiger partial charge is 0.410 e. The first-order valence-electron chi connectivity index (χ1n) is 7.32. The van der Waals surface area contributed by atoms with Crippen molar-refractivity contribution in [2.24, 2.45) is 5.73 Å². The zero-order valence-corrected chi connectivity index (χ0v) is 13.2. The summed E-state index contributed by atoms with van der Waals surface area (Å²) < 4.78 is 18.3. The number of rotatable bonds is 2. The van der Waals surface area contributed by atoms with Crippen LogP contribution >= 0.6 is 0 Å². The van der Waals surface area contributed by atoms with Crippen LogP contribution in [-0.2, 0) is 4.74 Å². The van der Waals surface area contributed by atoms with Crippen LogP contribution in [-0.4, -0.2) is 40.4 Å². The van der Waals surface area contributed by atoms with E-state index in [9.17, 15) is 14.3 Å². The predicted molar refractivity (Wildman–Crippen MR) is 80.7 cm³/mol. The number of carbonyl (C=O) groups is 1. The van der Waals surface area contributed by atoms with E-state index in [0.717, 1.165) is 0 Å². The number of benzene rings is 1. The second kappa shape index (κ2) is 5.85. The standard InChI is InChI=1S/C16H23FN2O3/c1-15(2,3)22-14(20)19-9-8-16(21,10-19)13(18)11-4-6-12(17)7-5-11/h4-7,13,21H,8-10,18H2,1-3H3. The molecular weight excluding hydrogens is 287 g/mol. The van der Waals surface area contributed by atoms with Crippen LogP contribution < -0.4 is 5.73 Å². The van der Waals surface area contributed by atoms with Crippen molar-refractivity contribution in [3.63, 3.8) is 0 Å². The number of β-amino-alcohol motifs (C(OH)–C–C–N with tert-alkyl or cyclic N) is 1. The number of hydrogen-bond donors (Lipinski definition) is 2. The van der Waals surface area contributed by atoms with Gasteiger partial charge in [0, 0.05) is 6.54 Å². The van der Waals surface area contributed by atoms with Gasteiger partial charge in [0.2, 0.25) is 0 Å². The van der Waals surface area contributed by atoms with Gasteiger partial charge in [-0.25, -0.2) is 9.18 Å². The van der Waals surface area contributed by atoms with E-state index in [1.165, 1.54) is 17.0 Å². The number of halogens is 1. The maximum atomic E-state index is 13.0. The maximum absolute atomic E-state index is 13.0. The number of carbonyl (C=O) groups excluding carboxylic acids is 1. The van der Waals surface area contributed by atoms with Crippen molar-refractivity contribution in [3.8, 4) is 0 Å². The molecule has 1 aromatic rings. The fourth-order valence-corrected chi connectivity index (χ4v) is 2.53. The Morgan fingerprint density at radius 3 is 2.55 bits per heavy atom. The number of ether oxygens (including phenoxy) is 1. The third kappa shape index (κ3) is 3.75. The molecule has 1 fully saturated rings. The van der Waals surface area contributed by atoms with Gasteiger partial charge in [-0.15, -0.1) is 0 Å². The molecule has 1 aliphatic rings. The van der Waals surface area contributed by atoms with Gasteiger partial charge in [-0.3, -0.25) is 0 Å². The van der Waals surface area contributed by atoms with Crippen LogP contribution in [0, 0.1) is 5.82 Å². The summed E-state index contributed by atoms with van der Waals surface area (Å²) in [7, 11) is 0. The first-order valence-corrected chi connectivity index (χ1v) is 7.32. The summed E-state index contributed by atoms with van der Waals surface area (Å²) >= 11 is 0. The minimum absolute atomic E-state index is 0.0977. The quantitative estimate of drug-likeness (QED) is 0.878. The van der Waals surface area contributed by atoms with Crippen LogP contribution in [0.1, 0.15) is 38.8 Å². The SMILES string of the molecule is CC(C)(C)OC(=O)N1CCC(O)(C(N)c2ccc(F)cc2)C1. The molecule has 0 bridgehead atoms. The number of likely N-dealkylation sites (tertiary alicyclic amines) is 1. The highest BCUT2D eigenvalue weighted by Crippen LogP contribution is 2.33. The second-order valence-electron chi connectivity index (χ2n) is 6.78. The predicted octanol–water partition coefficient (Wildman–Crippen LogP) is 2.20. The summed E-state index contributed by atoms with van der Waals surface area (Å²) in [6.07, 6.45) is -0.111. The van der Waals surface area contributed by atoms with Crippen LogP contribution in [0.15, 0.2) is 24.3 Å². The topological polar surface area (TPSA) is 75.8 Å². The van der Waals surface area contributed by atoms with Crippen LogP contribution in [0.3, 0.4) is 0 Å². The second-order valence-corrected chi connectivity index (χ2v) is 6.78. The minimum Gasteiger partial charge on any atom is -0.444 e. The van der Waals surface area contributed by atoms with Gasteiger partial charge in [0.05, 0.1) is 12.6 Å². The van der Waals surface area contributed by atoms with Crippen molar-refractivity contribution in [3.05, 3.63) is 35.6 Å². The monoisotopic (exact) mass is 310 g/mol. The molecule has 2 rings (SSSR count). The van der Waals surface area contributed by atoms with Gasteiger partial charge < -0.3 is 20.5 Å². The van der Waals surface area contributed by atoms with Gasteiger partial charge in [0.25, 0.3) is 0 Å². The molecule has 2 unspecified atom stereocenters. The first kappa shape index (κ1) is 16.7. The molecule has 6 heteroatoms. The normalized spacial score (nSPS) is 23.5. The number of amides is 1. The number of aliphatic hydroxyl groups is 1. The molecule has 1 amide bonds. The van der Waals surface area contributed by atoms with E-state index >= 15 is 0 Å². The Morgan fingerprint density at radius 1 is 1.41 bits per heavy atom. The number of nitrogens with zero attached hydrogens (tertiary/aromatic N) is 1. The Bertz CT molecular complexity index is 541. The summed E-state index contributed by atoms with van der Waals surface area (Å²) in [5, 5.41) is 10.7. The molecule has 5 nitrogen and oxygen atoms in total. The molecule has 1 saturated heterocycles. The third-order valence-electron chi connectivity index (χ3n) is 3.74. The highest BCUT2D eigenvalue weighted by atomic mass is 19.1. The van der Waals surface area contributed by atoms with Crippen molar-refractivity contribution < 1.29 is 19.0 Å². The summed E-state index contributed by atoms with van der Waals surface area (Å²) in [6, 6.07) is 5.01. The molecule has 1 heterocycles. The van der Waals surface area contributed by atoms with E-state index in [2.05, 4.69) is 0 Å². The van der Waals surface area contributed by atoms with E-state index in [1.807, 2.05) is 0 Å². The van der Waals surface area contributed by atoms with Crippen molar-refractivity contribution in [1.82, 2.24) is 4.90 Å². The highest BCUT2D eigenvalue weighted by molar-refractivity contribution is 5.68. The molecule has 1 aromatic carbocycles. The highest BCUT2D eigenvalue weighted by Gasteiger charge is 2.44. The number of nitrogens with two attached hydrogens (primary N) is 1. The van der Waals surface area contributed by atoms with Crippen molar-refractivity contribution in [2.75, 3.05) is 13.1 Å². The average Bonchev–Trinajstić information content (AvgIpc) is 2.81. The largest absolute Gasteiger partial charge is 0.444 e. The van der Waals surface area contributed by atoms with E-state index < -0.39 is 23.3 Å². The van der Waals surface area contributed by atoms with E-state index in [1.54, 1.807) is 32.9 Å². The number of hydrogen-bond acceptors (Lipinski definition) is 4. The van der Waals surface area contributed by atoms with Crippen molar-refractivity contribution >= 4 is 6.09 Å². The van der Waals surface area contributed by atoms with Gasteiger partial charge in [0.1, 0.15) is 17.0 Å². The Morgan fingerprint density at radius 2 is 2.00 bits per heavy atom. The lowest BCUT2D eigenvalue weighted by molar-refractivity contribution is 0.00507. The third-order valence-corrected chi connectivity index (χ3v) is 3.74. The van der Waals surface area contributed by atoms with Gasteiger partial charge in [-0.1, -0.05) is 12.1 Å². The molecule has 0 spiro atoms. The Hall–Kier alpha value is -1.66. The minimum atomic E-state index is -1.24. The molecule has 0 radical (unpaired) electrons. The summed E-state index contributed by atoms with van der Waals surface area (Å²) in [5.74, 6) is -0.357. The molecule has 3 N–H and O–H groups in total. The zero-order chi connectivity index (χ0) is 16.5. The molecule has 0 aliphatic carbocycles. The first-order chi connectivity index (χ1) is 10.1. The summed E-state index contributed by atoms with van der Waals surface area (Å²) in [6.45, 7) is 5.84. The lowest BCUT2D eigenvalue weighted by atomic mass is 9.88. The van der Waals surface area contributed by atoms with Crippen molar-refractivity contribution in [2.45, 2.75) is 44.4 Å². The molecule has 0 aromatic heterocycles. The summed E-state index contributed by atoms with van der Waals surface area (Å²) in [4.78, 5) is 13.5. The molecule has 2 atom stereocenters. The zero-order valence-electron chi connectivity index (χ0n) is 13.2. The van der Waals surface area contributed by atoms with Crippen LogP contribution in [0.4, 0.5) is 9.18 Å². The van der Waals surface area contributed by atoms with E-state index in [0.29, 0.717) is 18.5 Å². The fraction of sp³-hybridized carbons (Fsp3) is 0.562. The Labute approximate surface area is 129 Å². The molecule has 22 heavy (non-hydrogen) atoms. The summed E-state index contributed by atoms with van der Waals surface area (Å²) in [5.41, 5.74) is 4.93. The Kier molecular flexibility index (Phi) is 4.44. The van der Waals surface area contributed by atoms with Gasteiger partial charge >= 0.3 is 6.09 Å². The average molecular weight is 310 g/mol. The molecule has 122 valence electrons. The van der Waals surface area contributed by atoms with Crippen LogP contribution in [0.2, 0.25) is 0 Å². The lowest BCUT2D eigenvalue weighted by Crippen LogP contribution is -2.45. The molecule has 1 aliphatic heterocycles. The maximum Gasteiger partial charge on any atom is 0.410 e. The van der Waals surface area contributed by atoms with E-state index in [4.69, 9.17) is 10.5 Å². The fourth-order valence-electron chi connectivity index (χ4n) is 2.53. The van der Waals surface area contributed by atoms with Gasteiger partial charge in [-0.05, 0) is 44.9 Å². The van der Waals surface area contributed by atoms with Crippen LogP contribution in [0.5, 0.6) is 0 Å². The van der Waals surface area contributed by atoms with Gasteiger partial charge in [-0.2, -0.15) is 0 Å². The van der Waals surface area contributed by atoms with Crippen molar-refractivity contribution in [1.29, 1.82) is 0 Å². The Balaban J connectivity index is 2.06. The molecular formula is C16H23FN2O3. The van der Waals surface area contributed by atoms with Gasteiger partial charge in [0.15, 0.2) is 0 Å². The van der Waals surface area contributed by atoms with Crippen LogP contribution in [0.25, 0.3) is 0 Å². The lowest BCUT2D eigenvalue weighted by Gasteiger charge is -2.30. The molecule has 0 saturated carbocycles. The van der Waals surface area contributed by atoms with E-state index in [-0.39, 0.29) is 12.4 Å².